The predicted octanol–water partition coefficient (Wildman–Crippen LogP) is 5.39. The highest BCUT2D eigenvalue weighted by molar-refractivity contribution is 5.92. The van der Waals surface area contributed by atoms with Crippen LogP contribution in [-0.2, 0) is 19.4 Å². The minimum Gasteiger partial charge on any atom is -0.507 e. The zero-order chi connectivity index (χ0) is 37.1. The number of carbonyl (C=O) groups is 1. The highest BCUT2D eigenvalue weighted by Gasteiger charge is 2.22. The lowest BCUT2D eigenvalue weighted by molar-refractivity contribution is 0.202. The number of aromatic hydroxyl groups is 1. The van der Waals surface area contributed by atoms with Gasteiger partial charge in [-0.05, 0) is 77.2 Å². The van der Waals surface area contributed by atoms with Crippen LogP contribution in [0.3, 0.4) is 0 Å². The van der Waals surface area contributed by atoms with Gasteiger partial charge in [-0.2, -0.15) is 0 Å². The van der Waals surface area contributed by atoms with Crippen LogP contribution in [0.25, 0.3) is 28.0 Å². The van der Waals surface area contributed by atoms with Crippen LogP contribution < -0.4 is 34.4 Å². The monoisotopic (exact) mass is 720 g/mol. The Morgan fingerprint density at radius 2 is 1.58 bits per heavy atom. The van der Waals surface area contributed by atoms with Crippen molar-refractivity contribution in [3.8, 4) is 51.8 Å². The molecule has 15 nitrogen and oxygen atoms in total. The molecule has 53 heavy (non-hydrogen) atoms. The van der Waals surface area contributed by atoms with Gasteiger partial charge < -0.3 is 33.2 Å². The molecule has 272 valence electrons. The molecule has 0 atom stereocenters. The number of tetrazole rings is 1. The van der Waals surface area contributed by atoms with Crippen LogP contribution >= 0.6 is 0 Å². The lowest BCUT2D eigenvalue weighted by atomic mass is 9.98. The fourth-order valence-electron chi connectivity index (χ4n) is 6.26. The van der Waals surface area contributed by atoms with E-state index in [-0.39, 0.29) is 34.2 Å². The molecule has 1 aliphatic heterocycles. The average Bonchev–Trinajstić information content (AvgIpc) is 3.66. The van der Waals surface area contributed by atoms with Gasteiger partial charge in [-0.1, -0.05) is 18.2 Å². The molecule has 0 radical (unpaired) electrons. The number of rotatable bonds is 11. The number of phenolic OH excluding ortho intramolecular Hbond substituents is 1. The molecule has 0 fully saturated rings. The Morgan fingerprint density at radius 3 is 2.32 bits per heavy atom. The number of benzene rings is 4. The summed E-state index contributed by atoms with van der Waals surface area (Å²) in [5, 5.41) is 25.7. The molecule has 3 heterocycles. The Kier molecular flexibility index (Phi) is 9.81. The van der Waals surface area contributed by atoms with Crippen molar-refractivity contribution in [2.24, 2.45) is 0 Å². The van der Waals surface area contributed by atoms with Gasteiger partial charge in [0, 0.05) is 25.7 Å². The summed E-state index contributed by atoms with van der Waals surface area (Å²) in [7, 11) is 6.24. The van der Waals surface area contributed by atoms with E-state index in [2.05, 4.69) is 37.8 Å². The van der Waals surface area contributed by atoms with E-state index in [9.17, 15) is 14.7 Å². The van der Waals surface area contributed by atoms with Gasteiger partial charge in [-0.3, -0.25) is 15.0 Å². The van der Waals surface area contributed by atoms with Crippen LogP contribution in [0.15, 0.2) is 82.0 Å². The van der Waals surface area contributed by atoms with Crippen molar-refractivity contribution in [3.05, 3.63) is 99.7 Å². The summed E-state index contributed by atoms with van der Waals surface area (Å²) in [6, 6.07) is 20.5. The standard InChI is InChI=1S/C38H36N6O9/c1-48-31-16-23-13-15-43(21-24(23)17-32(31)49-2)14-12-22-8-10-25(11-9-22)44-41-37(40-42-44)26-18-33(50-3)34(51-4)19-27(26)39-38(47)53-35-20-29(46)36-28(45)6-5-7-30(36)52-35/h5-11,16-20,45H,12-15,21H2,1-4H3,(H,39,47). The summed E-state index contributed by atoms with van der Waals surface area (Å²) < 4.78 is 32.7. The summed E-state index contributed by atoms with van der Waals surface area (Å²) in [6.45, 7) is 2.70. The molecule has 0 spiro atoms. The molecule has 0 saturated carbocycles. The highest BCUT2D eigenvalue weighted by Crippen LogP contribution is 2.38. The van der Waals surface area contributed by atoms with Crippen LogP contribution in [-0.4, -0.2) is 77.8 Å². The number of phenols is 1. The average molecular weight is 721 g/mol. The summed E-state index contributed by atoms with van der Waals surface area (Å²) in [4.78, 5) is 29.4. The maximum absolute atomic E-state index is 13.1. The molecule has 7 rings (SSSR count). The number of aromatic nitrogens is 4. The van der Waals surface area contributed by atoms with Gasteiger partial charge in [0.05, 0.1) is 51.4 Å². The summed E-state index contributed by atoms with van der Waals surface area (Å²) in [6.07, 6.45) is 0.834. The molecular formula is C38H36N6O9. The van der Waals surface area contributed by atoms with Crippen molar-refractivity contribution in [1.82, 2.24) is 25.1 Å². The molecule has 0 saturated heterocycles. The first-order chi connectivity index (χ1) is 25.8. The van der Waals surface area contributed by atoms with E-state index in [0.717, 1.165) is 55.6 Å². The maximum Gasteiger partial charge on any atom is 0.419 e. The summed E-state index contributed by atoms with van der Waals surface area (Å²) >= 11 is 0. The van der Waals surface area contributed by atoms with Crippen molar-refractivity contribution >= 4 is 22.7 Å². The fraction of sp³-hybridized carbons (Fsp3) is 0.237. The number of amides is 1. The van der Waals surface area contributed by atoms with Gasteiger partial charge in [0.25, 0.3) is 5.95 Å². The van der Waals surface area contributed by atoms with Gasteiger partial charge >= 0.3 is 6.09 Å². The number of hydrogen-bond acceptors (Lipinski definition) is 13. The van der Waals surface area contributed by atoms with E-state index in [0.29, 0.717) is 22.7 Å². The minimum atomic E-state index is -0.974. The second-order valence-corrected chi connectivity index (χ2v) is 12.2. The largest absolute Gasteiger partial charge is 0.507 e. The van der Waals surface area contributed by atoms with Crippen LogP contribution in [0.2, 0.25) is 0 Å². The topological polar surface area (TPSA) is 173 Å². The van der Waals surface area contributed by atoms with E-state index < -0.39 is 11.5 Å². The molecule has 0 bridgehead atoms. The van der Waals surface area contributed by atoms with E-state index in [1.54, 1.807) is 20.3 Å². The lowest BCUT2D eigenvalue weighted by Gasteiger charge is -2.29. The molecule has 1 amide bonds. The number of nitrogens with zero attached hydrogens (tertiary/aromatic N) is 5. The van der Waals surface area contributed by atoms with Crippen LogP contribution in [0.4, 0.5) is 10.5 Å². The first kappa shape index (κ1) is 34.8. The molecule has 2 aromatic heterocycles. The first-order valence-electron chi connectivity index (χ1n) is 16.6. The van der Waals surface area contributed by atoms with Gasteiger partial charge in [-0.15, -0.1) is 15.0 Å². The highest BCUT2D eigenvalue weighted by atomic mass is 16.6. The zero-order valence-electron chi connectivity index (χ0n) is 29.4. The molecular weight excluding hydrogens is 684 g/mol. The number of anilines is 1. The number of nitrogens with one attached hydrogen (secondary N) is 1. The van der Waals surface area contributed by atoms with Gasteiger partial charge in [-0.25, -0.2) is 4.79 Å². The quantitative estimate of drug-likeness (QED) is 0.175. The number of hydrogen-bond donors (Lipinski definition) is 2. The second kappa shape index (κ2) is 14.9. The molecule has 1 aliphatic rings. The molecule has 15 heteroatoms. The van der Waals surface area contributed by atoms with Crippen molar-refractivity contribution in [2.45, 2.75) is 19.4 Å². The predicted molar refractivity (Wildman–Crippen MR) is 194 cm³/mol. The Labute approximate surface area is 303 Å². The first-order valence-corrected chi connectivity index (χ1v) is 16.6. The lowest BCUT2D eigenvalue weighted by Crippen LogP contribution is -2.32. The van der Waals surface area contributed by atoms with E-state index in [1.165, 1.54) is 54.4 Å². The van der Waals surface area contributed by atoms with Crippen molar-refractivity contribution < 1.29 is 38.0 Å². The van der Waals surface area contributed by atoms with Crippen LogP contribution in [0, 0.1) is 0 Å². The van der Waals surface area contributed by atoms with E-state index >= 15 is 0 Å². The minimum absolute atomic E-state index is 0.0289. The van der Waals surface area contributed by atoms with E-state index in [4.69, 9.17) is 28.1 Å². The van der Waals surface area contributed by atoms with Crippen LogP contribution in [0.1, 0.15) is 16.7 Å². The normalized spacial score (nSPS) is 12.6. The van der Waals surface area contributed by atoms with E-state index in [1.807, 2.05) is 24.3 Å². The molecule has 0 unspecified atom stereocenters. The third-order valence-electron chi connectivity index (χ3n) is 9.00. The Bertz CT molecular complexity index is 2360. The number of fused-ring (bicyclic) bond motifs is 2. The maximum atomic E-state index is 13.1. The van der Waals surface area contributed by atoms with Crippen molar-refractivity contribution in [2.75, 3.05) is 46.8 Å². The molecule has 4 aromatic carbocycles. The Morgan fingerprint density at radius 1 is 0.887 bits per heavy atom. The number of ether oxygens (including phenoxy) is 5. The third-order valence-corrected chi connectivity index (χ3v) is 9.00. The summed E-state index contributed by atoms with van der Waals surface area (Å²) in [5.41, 5.74) is 4.43. The van der Waals surface area contributed by atoms with Crippen LogP contribution in [0.5, 0.6) is 34.7 Å². The summed E-state index contributed by atoms with van der Waals surface area (Å²) in [5.74, 6) is 1.73. The van der Waals surface area contributed by atoms with Crippen molar-refractivity contribution in [1.29, 1.82) is 0 Å². The molecule has 6 aromatic rings. The van der Waals surface area contributed by atoms with Gasteiger partial charge in [0.15, 0.2) is 28.4 Å². The Balaban J connectivity index is 1.05. The number of carbonyl (C=O) groups excluding carboxylic acids is 1. The Hall–Kier alpha value is -6.61. The second-order valence-electron chi connectivity index (χ2n) is 12.2. The SMILES string of the molecule is COc1cc2c(cc1OC)CN(CCc1ccc(-n3nnc(-c4cc(OC)c(OC)cc4NC(=O)Oc4cc(=O)c5c(O)cccc5o4)n3)cc1)CC2. The zero-order valence-corrected chi connectivity index (χ0v) is 29.4. The van der Waals surface area contributed by atoms with Crippen molar-refractivity contribution in [3.63, 3.8) is 0 Å². The van der Waals surface area contributed by atoms with Gasteiger partial charge in [0.2, 0.25) is 5.82 Å². The number of methoxy groups -OCH3 is 4. The smallest absolute Gasteiger partial charge is 0.419 e. The molecule has 0 aliphatic carbocycles. The molecule has 2 N–H and O–H groups in total. The fourth-order valence-corrected chi connectivity index (χ4v) is 6.26. The third kappa shape index (κ3) is 7.27. The van der Waals surface area contributed by atoms with Gasteiger partial charge in [0.1, 0.15) is 16.7 Å².